The number of aryl methyl sites for hydroxylation is 1. The summed E-state index contributed by atoms with van der Waals surface area (Å²) in [4.78, 5) is 26.7. The number of sulfonamides is 1. The smallest absolute Gasteiger partial charge is 0.227 e. The Bertz CT molecular complexity index is 858. The van der Waals surface area contributed by atoms with Gasteiger partial charge in [-0.25, -0.2) is 12.7 Å². The predicted octanol–water partition coefficient (Wildman–Crippen LogP) is 1.65. The highest BCUT2D eigenvalue weighted by molar-refractivity contribution is 9.10. The van der Waals surface area contributed by atoms with Gasteiger partial charge in [0.25, 0.3) is 0 Å². The molecule has 0 aromatic heterocycles. The fourth-order valence-electron chi connectivity index (χ4n) is 3.61. The molecule has 2 saturated heterocycles. The number of piperidine rings is 1. The number of halogens is 1. The van der Waals surface area contributed by atoms with Gasteiger partial charge < -0.3 is 10.2 Å². The first-order valence-corrected chi connectivity index (χ1v) is 11.6. The molecule has 2 aliphatic rings. The van der Waals surface area contributed by atoms with Crippen LogP contribution in [0.15, 0.2) is 22.7 Å². The Kier molecular flexibility index (Phi) is 5.93. The van der Waals surface area contributed by atoms with Gasteiger partial charge in [0.15, 0.2) is 0 Å². The molecule has 7 nitrogen and oxygen atoms in total. The van der Waals surface area contributed by atoms with E-state index in [0.717, 1.165) is 22.1 Å². The van der Waals surface area contributed by atoms with Crippen LogP contribution in [0.3, 0.4) is 0 Å². The number of amides is 2. The number of rotatable bonds is 4. The zero-order chi connectivity index (χ0) is 19.8. The molecule has 0 bridgehead atoms. The number of benzene rings is 1. The van der Waals surface area contributed by atoms with E-state index in [1.807, 2.05) is 25.1 Å². The van der Waals surface area contributed by atoms with Crippen molar-refractivity contribution < 1.29 is 18.0 Å². The van der Waals surface area contributed by atoms with Crippen LogP contribution in [0.2, 0.25) is 0 Å². The highest BCUT2D eigenvalue weighted by Gasteiger charge is 2.36. The molecule has 2 amide bonds. The van der Waals surface area contributed by atoms with E-state index in [0.29, 0.717) is 26.1 Å². The molecule has 3 rings (SSSR count). The number of nitrogens with one attached hydrogen (secondary N) is 1. The molecule has 0 saturated carbocycles. The summed E-state index contributed by atoms with van der Waals surface area (Å²) in [6.07, 6.45) is 2.81. The number of hydrogen-bond acceptors (Lipinski definition) is 4. The van der Waals surface area contributed by atoms with Gasteiger partial charge in [0.1, 0.15) is 0 Å². The maximum Gasteiger partial charge on any atom is 0.227 e. The van der Waals surface area contributed by atoms with Crippen molar-refractivity contribution in [3.63, 3.8) is 0 Å². The maximum absolute atomic E-state index is 12.6. The van der Waals surface area contributed by atoms with Crippen LogP contribution in [0.1, 0.15) is 24.8 Å². The minimum atomic E-state index is -3.26. The van der Waals surface area contributed by atoms with Crippen LogP contribution in [0.5, 0.6) is 0 Å². The minimum absolute atomic E-state index is 0.0710. The standard InChI is InChI=1S/C18H24BrN3O4S/c1-12-8-15(5-6-16(12)19)22-10-13(9-17(22)23)18(24)20-14-4-3-7-21(11-14)27(2,25)26/h5-6,8,13-14H,3-4,7,9-11H2,1-2H3,(H,20,24). The minimum Gasteiger partial charge on any atom is -0.352 e. The fraction of sp³-hybridized carbons (Fsp3) is 0.556. The van der Waals surface area contributed by atoms with E-state index in [1.54, 1.807) is 4.90 Å². The van der Waals surface area contributed by atoms with Gasteiger partial charge >= 0.3 is 0 Å². The molecule has 1 aromatic rings. The second-order valence-corrected chi connectivity index (χ2v) is 10.1. The van der Waals surface area contributed by atoms with Gasteiger partial charge in [0.05, 0.1) is 12.2 Å². The lowest BCUT2D eigenvalue weighted by atomic mass is 10.0. The number of nitrogens with zero attached hydrogens (tertiary/aromatic N) is 2. The lowest BCUT2D eigenvalue weighted by molar-refractivity contribution is -0.127. The number of carbonyl (C=O) groups is 2. The lowest BCUT2D eigenvalue weighted by Crippen LogP contribution is -2.50. The summed E-state index contributed by atoms with van der Waals surface area (Å²) in [6.45, 7) is 3.08. The van der Waals surface area contributed by atoms with Crippen LogP contribution in [0, 0.1) is 12.8 Å². The topological polar surface area (TPSA) is 86.8 Å². The molecule has 2 atom stereocenters. The van der Waals surface area contributed by atoms with Gasteiger partial charge in [-0.3, -0.25) is 9.59 Å². The van der Waals surface area contributed by atoms with Crippen molar-refractivity contribution >= 4 is 43.5 Å². The van der Waals surface area contributed by atoms with Gasteiger partial charge in [0.2, 0.25) is 21.8 Å². The van der Waals surface area contributed by atoms with Crippen molar-refractivity contribution in [3.8, 4) is 0 Å². The van der Waals surface area contributed by atoms with Crippen molar-refractivity contribution in [1.82, 2.24) is 9.62 Å². The zero-order valence-corrected chi connectivity index (χ0v) is 17.8. The van der Waals surface area contributed by atoms with Crippen LogP contribution in [-0.4, -0.2) is 56.5 Å². The van der Waals surface area contributed by atoms with Crippen molar-refractivity contribution in [2.24, 2.45) is 5.92 Å². The molecule has 27 heavy (non-hydrogen) atoms. The van der Waals surface area contributed by atoms with Gasteiger partial charge in [0, 0.05) is 42.3 Å². The average Bonchev–Trinajstić information content (AvgIpc) is 2.99. The Morgan fingerprint density at radius 1 is 1.30 bits per heavy atom. The van der Waals surface area contributed by atoms with E-state index in [-0.39, 0.29) is 24.3 Å². The molecule has 1 N–H and O–H groups in total. The number of anilines is 1. The molecule has 148 valence electrons. The molecular weight excluding hydrogens is 434 g/mol. The first-order valence-electron chi connectivity index (χ1n) is 8.97. The summed E-state index contributed by atoms with van der Waals surface area (Å²) in [7, 11) is -3.26. The lowest BCUT2D eigenvalue weighted by Gasteiger charge is -2.31. The molecule has 2 heterocycles. The third-order valence-electron chi connectivity index (χ3n) is 5.15. The van der Waals surface area contributed by atoms with E-state index in [2.05, 4.69) is 21.2 Å². The number of carbonyl (C=O) groups excluding carboxylic acids is 2. The Morgan fingerprint density at radius 3 is 2.70 bits per heavy atom. The highest BCUT2D eigenvalue weighted by atomic mass is 79.9. The molecule has 0 spiro atoms. The van der Waals surface area contributed by atoms with Crippen LogP contribution in [0.25, 0.3) is 0 Å². The quantitative estimate of drug-likeness (QED) is 0.744. The normalized spacial score (nSPS) is 24.3. The molecule has 0 aliphatic carbocycles. The van der Waals surface area contributed by atoms with Gasteiger partial charge in [-0.15, -0.1) is 0 Å². The Morgan fingerprint density at radius 2 is 2.04 bits per heavy atom. The summed E-state index contributed by atoms with van der Waals surface area (Å²) in [5.41, 5.74) is 1.81. The van der Waals surface area contributed by atoms with Gasteiger partial charge in [-0.1, -0.05) is 15.9 Å². The Hall–Kier alpha value is -1.45. The van der Waals surface area contributed by atoms with Crippen molar-refractivity contribution in [2.75, 3.05) is 30.8 Å². The molecule has 2 fully saturated rings. The summed E-state index contributed by atoms with van der Waals surface area (Å²) in [5, 5.41) is 2.94. The summed E-state index contributed by atoms with van der Waals surface area (Å²) < 4.78 is 25.8. The van der Waals surface area contributed by atoms with Crippen molar-refractivity contribution in [2.45, 2.75) is 32.2 Å². The first-order chi connectivity index (χ1) is 12.6. The van der Waals surface area contributed by atoms with Crippen LogP contribution in [-0.2, 0) is 19.6 Å². The average molecular weight is 458 g/mol. The molecular formula is C18H24BrN3O4S. The predicted molar refractivity (Wildman–Crippen MR) is 107 cm³/mol. The van der Waals surface area contributed by atoms with E-state index < -0.39 is 15.9 Å². The number of hydrogen-bond donors (Lipinski definition) is 1. The maximum atomic E-state index is 12.6. The molecule has 9 heteroatoms. The third kappa shape index (κ3) is 4.70. The van der Waals surface area contributed by atoms with Crippen molar-refractivity contribution in [1.29, 1.82) is 0 Å². The third-order valence-corrected chi connectivity index (χ3v) is 7.31. The van der Waals surface area contributed by atoms with Crippen LogP contribution < -0.4 is 10.2 Å². The summed E-state index contributed by atoms with van der Waals surface area (Å²) in [6, 6.07) is 5.47. The largest absolute Gasteiger partial charge is 0.352 e. The SMILES string of the molecule is Cc1cc(N2CC(C(=O)NC3CCCN(S(C)(=O)=O)C3)CC2=O)ccc1Br. The Balaban J connectivity index is 1.63. The van der Waals surface area contributed by atoms with Gasteiger partial charge in [-0.2, -0.15) is 0 Å². The summed E-state index contributed by atoms with van der Waals surface area (Å²) in [5.74, 6) is -0.673. The first kappa shape index (κ1) is 20.3. The van der Waals surface area contributed by atoms with Gasteiger partial charge in [-0.05, 0) is 43.5 Å². The van der Waals surface area contributed by atoms with Crippen LogP contribution in [0.4, 0.5) is 5.69 Å². The molecule has 1 aromatic carbocycles. The monoisotopic (exact) mass is 457 g/mol. The highest BCUT2D eigenvalue weighted by Crippen LogP contribution is 2.28. The van der Waals surface area contributed by atoms with E-state index in [4.69, 9.17) is 0 Å². The summed E-state index contributed by atoms with van der Waals surface area (Å²) >= 11 is 3.45. The fourth-order valence-corrected chi connectivity index (χ4v) is 4.77. The second-order valence-electron chi connectivity index (χ2n) is 7.31. The zero-order valence-electron chi connectivity index (χ0n) is 15.4. The van der Waals surface area contributed by atoms with Crippen LogP contribution >= 0.6 is 15.9 Å². The van der Waals surface area contributed by atoms with Crippen molar-refractivity contribution in [3.05, 3.63) is 28.2 Å². The van der Waals surface area contributed by atoms with E-state index in [9.17, 15) is 18.0 Å². The van der Waals surface area contributed by atoms with E-state index in [1.165, 1.54) is 10.6 Å². The Labute approximate surface area is 168 Å². The van der Waals surface area contributed by atoms with E-state index >= 15 is 0 Å². The second kappa shape index (κ2) is 7.89. The molecule has 0 radical (unpaired) electrons. The molecule has 2 unspecified atom stereocenters. The molecule has 2 aliphatic heterocycles.